The Morgan fingerprint density at radius 2 is 1.38 bits per heavy atom. The predicted molar refractivity (Wildman–Crippen MR) is 218 cm³/mol. The number of ether oxygens (including phenoxy) is 1. The van der Waals surface area contributed by atoms with E-state index in [1.165, 1.54) is 31.8 Å². The van der Waals surface area contributed by atoms with Gasteiger partial charge in [0.2, 0.25) is 5.78 Å². The summed E-state index contributed by atoms with van der Waals surface area (Å²) in [6.07, 6.45) is -2.87. The van der Waals surface area contributed by atoms with Crippen LogP contribution in [0.25, 0.3) is 10.9 Å². The van der Waals surface area contributed by atoms with E-state index in [0.717, 1.165) is 40.8 Å². The molecule has 0 unspecified atom stereocenters. The minimum Gasteiger partial charge on any atom is -0.363 e. The number of methoxy groups -OCH3 is 1. The number of carbonyl (C=O) groups is 1. The molecule has 2 N–H and O–H groups in total. The van der Waals surface area contributed by atoms with Crippen molar-refractivity contribution in [2.75, 3.05) is 22.9 Å². The fourth-order valence-corrected chi connectivity index (χ4v) is 8.86. The van der Waals surface area contributed by atoms with Crippen LogP contribution < -0.4 is 9.03 Å². The second kappa shape index (κ2) is 18.8. The van der Waals surface area contributed by atoms with Crippen molar-refractivity contribution in [1.29, 1.82) is 0 Å². The molecule has 0 aliphatic rings. The molecule has 6 rings (SSSR count). The van der Waals surface area contributed by atoms with E-state index in [1.54, 1.807) is 12.3 Å². The van der Waals surface area contributed by atoms with E-state index < -0.39 is 75.9 Å². The average molecular weight is 1030 g/mol. The molecule has 0 aliphatic carbocycles. The number of nitrogens with one attached hydrogen (secondary N) is 2. The van der Waals surface area contributed by atoms with Crippen LogP contribution in [0.4, 0.5) is 37.7 Å². The number of ketones is 1. The lowest BCUT2D eigenvalue weighted by Crippen LogP contribution is -2.33. The third-order valence-electron chi connectivity index (χ3n) is 7.72. The van der Waals surface area contributed by atoms with Crippen LogP contribution in [0, 0.1) is 0 Å². The molecule has 4 aromatic heterocycles. The number of pyridine rings is 3. The normalized spacial score (nSPS) is 12.0. The Bertz CT molecular complexity index is 2800. The fraction of sp³-hybridized carbons (Fsp3) is 0.143. The van der Waals surface area contributed by atoms with Gasteiger partial charge in [0.25, 0.3) is 20.0 Å². The number of sulfonamides is 2. The molecule has 0 bridgehead atoms. The fourth-order valence-electron chi connectivity index (χ4n) is 5.06. The van der Waals surface area contributed by atoms with Gasteiger partial charge >= 0.3 is 12.4 Å². The molecule has 60 heavy (non-hydrogen) atoms. The molecule has 0 spiro atoms. The van der Waals surface area contributed by atoms with Gasteiger partial charge in [0.15, 0.2) is 0 Å². The first-order valence-corrected chi connectivity index (χ1v) is 20.9. The van der Waals surface area contributed by atoms with E-state index in [1.807, 2.05) is 0 Å². The molecule has 6 aromatic rings. The molecule has 0 saturated carbocycles. The average Bonchev–Trinajstić information content (AvgIpc) is 3.63. The SMILES string of the molecule is C.COCN(c1cc(Cl)cnc1Br)S(=O)(=O)c1ccc(Cl)c(C(F)(F)F)c1.O=C(c1ncc(Cl)cc1NS(=O)(=O)c1ccc(Cl)c(C(F)(F)F)c1)c1cncc2[nH]ccc12. The van der Waals surface area contributed by atoms with Crippen LogP contribution in [0.15, 0.2) is 100.0 Å². The van der Waals surface area contributed by atoms with Crippen LogP contribution in [-0.2, 0) is 37.1 Å². The molecule has 2 aromatic carbocycles. The Balaban J connectivity index is 0.000000268. The van der Waals surface area contributed by atoms with E-state index in [2.05, 4.69) is 40.6 Å². The minimum absolute atomic E-state index is 0. The van der Waals surface area contributed by atoms with Crippen molar-refractivity contribution in [3.8, 4) is 0 Å². The van der Waals surface area contributed by atoms with Gasteiger partial charge in [0.05, 0.1) is 69.7 Å². The van der Waals surface area contributed by atoms with Gasteiger partial charge in [-0.1, -0.05) is 53.8 Å². The minimum atomic E-state index is -4.87. The zero-order valence-corrected chi connectivity index (χ0v) is 35.2. The molecule has 0 saturated heterocycles. The predicted octanol–water partition coefficient (Wildman–Crippen LogP) is 10.9. The van der Waals surface area contributed by atoms with Gasteiger partial charge in [-0.25, -0.2) is 31.1 Å². The summed E-state index contributed by atoms with van der Waals surface area (Å²) in [6, 6.07) is 8.48. The van der Waals surface area contributed by atoms with Gasteiger partial charge in [0.1, 0.15) is 17.0 Å². The van der Waals surface area contributed by atoms with Crippen molar-refractivity contribution in [2.45, 2.75) is 29.6 Å². The third kappa shape index (κ3) is 10.8. The number of fused-ring (bicyclic) bond motifs is 1. The molecule has 0 fully saturated rings. The maximum absolute atomic E-state index is 13.2. The van der Waals surface area contributed by atoms with Crippen molar-refractivity contribution in [2.24, 2.45) is 0 Å². The van der Waals surface area contributed by atoms with Crippen molar-refractivity contribution in [3.63, 3.8) is 0 Å². The number of benzene rings is 2. The number of carbonyl (C=O) groups excluding carboxylic acids is 1. The molecular formula is C35H25BrCl4F6N6O6S2. The summed E-state index contributed by atoms with van der Waals surface area (Å²) in [5.74, 6) is -0.672. The first-order chi connectivity index (χ1) is 27.4. The first-order valence-electron chi connectivity index (χ1n) is 15.7. The summed E-state index contributed by atoms with van der Waals surface area (Å²) >= 11 is 26.0. The number of alkyl halides is 6. The highest BCUT2D eigenvalue weighted by atomic mass is 79.9. The Morgan fingerprint density at radius 1 is 0.817 bits per heavy atom. The second-order valence-corrected chi connectivity index (χ2v) is 17.6. The van der Waals surface area contributed by atoms with Crippen LogP contribution in [0.3, 0.4) is 0 Å². The zero-order valence-electron chi connectivity index (χ0n) is 29.0. The summed E-state index contributed by atoms with van der Waals surface area (Å²) in [4.78, 5) is 26.6. The summed E-state index contributed by atoms with van der Waals surface area (Å²) in [5, 5.41) is -0.622. The molecule has 0 amide bonds. The smallest absolute Gasteiger partial charge is 0.363 e. The van der Waals surface area contributed by atoms with Crippen molar-refractivity contribution in [3.05, 3.63) is 133 Å². The number of aromatic nitrogens is 4. The summed E-state index contributed by atoms with van der Waals surface area (Å²) in [7, 11) is -7.78. The van der Waals surface area contributed by atoms with Crippen molar-refractivity contribution >= 4 is 110 Å². The zero-order chi connectivity index (χ0) is 43.7. The van der Waals surface area contributed by atoms with E-state index in [0.29, 0.717) is 23.0 Å². The van der Waals surface area contributed by atoms with Crippen LogP contribution in [0.5, 0.6) is 0 Å². The highest BCUT2D eigenvalue weighted by Gasteiger charge is 2.37. The van der Waals surface area contributed by atoms with E-state index in [4.69, 9.17) is 51.1 Å². The van der Waals surface area contributed by atoms with Crippen molar-refractivity contribution < 1.29 is 52.7 Å². The van der Waals surface area contributed by atoms with Gasteiger partial charge < -0.3 is 9.72 Å². The van der Waals surface area contributed by atoms with Crippen LogP contribution in [0.1, 0.15) is 34.6 Å². The molecule has 0 atom stereocenters. The number of aromatic amines is 1. The number of rotatable bonds is 10. The highest BCUT2D eigenvalue weighted by molar-refractivity contribution is 9.10. The molecule has 0 aliphatic heterocycles. The van der Waals surface area contributed by atoms with Crippen LogP contribution in [-0.4, -0.2) is 56.4 Å². The van der Waals surface area contributed by atoms with Crippen molar-refractivity contribution in [1.82, 2.24) is 19.9 Å². The number of hydrogen-bond acceptors (Lipinski definition) is 9. The van der Waals surface area contributed by atoms with Gasteiger partial charge in [-0.05, 0) is 70.5 Å². The highest BCUT2D eigenvalue weighted by Crippen LogP contribution is 2.39. The van der Waals surface area contributed by atoms with Gasteiger partial charge in [-0.3, -0.25) is 14.5 Å². The maximum atomic E-state index is 13.2. The lowest BCUT2D eigenvalue weighted by molar-refractivity contribution is -0.138. The number of hydrogen-bond donors (Lipinski definition) is 2. The van der Waals surface area contributed by atoms with E-state index >= 15 is 0 Å². The summed E-state index contributed by atoms with van der Waals surface area (Å²) in [6.45, 7) is -0.479. The number of nitrogens with zero attached hydrogens (tertiary/aromatic N) is 4. The monoisotopic (exact) mass is 1020 g/mol. The summed E-state index contributed by atoms with van der Waals surface area (Å²) in [5.41, 5.74) is -2.51. The standard InChI is InChI=1S/C20H11Cl2F3N4O3S.C14H10BrCl2F3N2O3S.CH4/c21-10-5-16(29-33(31,32)11-1-2-15(22)14(6-11)20(23,24)25)18(28-7-10)19(30)13-8-26-9-17-12(13)3-4-27-17;1-25-7-22(12-4-8(16)6-21-13(12)15)26(23,24)9-2-3-11(17)10(5-9)14(18,19)20;/h1-9,27,29H;2-6H,7H2,1H3;1H4. The number of anilines is 2. The largest absolute Gasteiger partial charge is 0.417 e. The van der Waals surface area contributed by atoms with Gasteiger partial charge in [-0.15, -0.1) is 0 Å². The quantitative estimate of drug-likeness (QED) is 0.0588. The lowest BCUT2D eigenvalue weighted by atomic mass is 10.1. The Hall–Kier alpha value is -4.22. The Labute approximate surface area is 366 Å². The number of halogens is 11. The molecule has 0 radical (unpaired) electrons. The second-order valence-electron chi connectivity index (χ2n) is 11.6. The topological polar surface area (TPSA) is 164 Å². The molecule has 4 heterocycles. The maximum Gasteiger partial charge on any atom is 0.417 e. The molecule has 12 nitrogen and oxygen atoms in total. The van der Waals surface area contributed by atoms with Gasteiger partial charge in [-0.2, -0.15) is 26.3 Å². The van der Waals surface area contributed by atoms with E-state index in [9.17, 15) is 48.0 Å². The molecule has 320 valence electrons. The first kappa shape index (κ1) is 48.4. The van der Waals surface area contributed by atoms with Gasteiger partial charge in [0, 0.05) is 37.3 Å². The molecule has 25 heteroatoms. The Kier molecular flexibility index (Phi) is 15.2. The van der Waals surface area contributed by atoms with Crippen LogP contribution in [0.2, 0.25) is 20.1 Å². The van der Waals surface area contributed by atoms with E-state index in [-0.39, 0.29) is 44.7 Å². The lowest BCUT2D eigenvalue weighted by Gasteiger charge is -2.24. The molecular weight excluding hydrogens is 1000 g/mol. The number of H-pyrrole nitrogens is 1. The third-order valence-corrected chi connectivity index (χ3v) is 12.5. The Morgan fingerprint density at radius 3 is 1.98 bits per heavy atom. The van der Waals surface area contributed by atoms with Crippen LogP contribution >= 0.6 is 62.3 Å². The summed E-state index contributed by atoms with van der Waals surface area (Å²) < 4.78 is 138.